The highest BCUT2D eigenvalue weighted by Crippen LogP contribution is 2.39. The van der Waals surface area contributed by atoms with Gasteiger partial charge in [0.25, 0.3) is 0 Å². The Bertz CT molecular complexity index is 1700. The number of rotatable bonds is 9. The van der Waals surface area contributed by atoms with E-state index in [1.807, 2.05) is 42.7 Å². The highest BCUT2D eigenvalue weighted by atomic mass is 19.1. The van der Waals surface area contributed by atoms with Crippen LogP contribution in [0.1, 0.15) is 42.9 Å². The van der Waals surface area contributed by atoms with Crippen molar-refractivity contribution in [2.75, 3.05) is 63.2 Å². The number of piperidine rings is 1. The van der Waals surface area contributed by atoms with Gasteiger partial charge in [0.15, 0.2) is 11.2 Å². The molecule has 0 N–H and O–H groups in total. The van der Waals surface area contributed by atoms with Crippen LogP contribution in [0.2, 0.25) is 0 Å². The molecule has 45 heavy (non-hydrogen) atoms. The quantitative estimate of drug-likeness (QED) is 0.270. The smallest absolute Gasteiger partial charge is 0.213 e. The normalized spacial score (nSPS) is 19.4. The first-order valence-corrected chi connectivity index (χ1v) is 16.2. The van der Waals surface area contributed by atoms with E-state index in [2.05, 4.69) is 47.2 Å². The van der Waals surface area contributed by atoms with Crippen LogP contribution in [0, 0.1) is 5.82 Å². The maximum atomic E-state index is 16.4. The molecular weight excluding hydrogens is 569 g/mol. The number of fused-ring (bicyclic) bond motifs is 1. The van der Waals surface area contributed by atoms with Crippen LogP contribution in [0.4, 0.5) is 15.8 Å². The standard InChI is InChI=1S/C35H42FN7O2/c1-39-15-17-40(18-16-39)31-10-9-30-34(33(31)36)43(27-7-8-27)23-26(35(30)44)22-42(21-25-11-13-38-32(19-25)45-2)29-6-4-14-41(24-29)28-5-3-12-37-20-28/h3,5,9-13,19-20,23,27,29H,4,6-8,14-18,21-22,24H2,1-2H3/t29-/m0/s1. The van der Waals surface area contributed by atoms with Crippen LogP contribution in [-0.2, 0) is 13.1 Å². The summed E-state index contributed by atoms with van der Waals surface area (Å²) in [5.41, 5.74) is 3.87. The number of ether oxygens (including phenoxy) is 1. The van der Waals surface area contributed by atoms with Crippen LogP contribution in [0.25, 0.3) is 10.9 Å². The molecule has 3 fully saturated rings. The van der Waals surface area contributed by atoms with Crippen molar-refractivity contribution in [3.8, 4) is 5.88 Å². The SMILES string of the molecule is COc1cc(CN(Cc2cn(C3CC3)c3c(F)c(N4CCN(C)CC4)ccc3c2=O)[C@H]2CCCN(c3cccnc3)C2)ccn1. The second kappa shape index (κ2) is 12.8. The van der Waals surface area contributed by atoms with E-state index in [9.17, 15) is 4.79 Å². The van der Waals surface area contributed by atoms with Crippen molar-refractivity contribution < 1.29 is 9.13 Å². The van der Waals surface area contributed by atoms with Crippen LogP contribution in [0.5, 0.6) is 5.88 Å². The molecule has 3 aliphatic rings. The number of piperazine rings is 1. The number of halogens is 1. The number of aromatic nitrogens is 3. The molecule has 1 atom stereocenters. The zero-order chi connectivity index (χ0) is 30.9. The van der Waals surface area contributed by atoms with E-state index in [1.165, 1.54) is 0 Å². The Hall–Kier alpha value is -4.02. The van der Waals surface area contributed by atoms with Crippen LogP contribution in [0.15, 0.2) is 66.0 Å². The zero-order valence-corrected chi connectivity index (χ0v) is 26.2. The highest BCUT2D eigenvalue weighted by Gasteiger charge is 2.31. The fourth-order valence-corrected chi connectivity index (χ4v) is 6.95. The van der Waals surface area contributed by atoms with Crippen molar-refractivity contribution in [3.63, 3.8) is 0 Å². The van der Waals surface area contributed by atoms with Gasteiger partial charge in [0.05, 0.1) is 30.2 Å². The third-order valence-electron chi connectivity index (χ3n) is 9.66. The first kappa shape index (κ1) is 29.7. The van der Waals surface area contributed by atoms with Gasteiger partial charge in [0, 0.05) is 100 Å². The number of anilines is 2. The molecule has 0 spiro atoms. The van der Waals surface area contributed by atoms with Gasteiger partial charge in [0.1, 0.15) is 0 Å². The molecule has 2 aliphatic heterocycles. The summed E-state index contributed by atoms with van der Waals surface area (Å²) in [7, 11) is 3.72. The topological polar surface area (TPSA) is 70.0 Å². The Balaban J connectivity index is 1.25. The van der Waals surface area contributed by atoms with E-state index >= 15 is 4.39 Å². The molecule has 5 heterocycles. The fraction of sp³-hybridized carbons (Fsp3) is 0.457. The lowest BCUT2D eigenvalue weighted by Crippen LogP contribution is -2.48. The number of pyridine rings is 3. The average molecular weight is 612 g/mol. The molecule has 0 amide bonds. The molecule has 2 saturated heterocycles. The lowest BCUT2D eigenvalue weighted by Gasteiger charge is -2.40. The Labute approximate surface area is 263 Å². The number of hydrogen-bond acceptors (Lipinski definition) is 8. The van der Waals surface area contributed by atoms with E-state index < -0.39 is 0 Å². The molecule has 0 unspecified atom stereocenters. The molecule has 236 valence electrons. The molecule has 4 aromatic rings. The second-order valence-corrected chi connectivity index (χ2v) is 12.8. The molecule has 3 aromatic heterocycles. The Kier molecular flexibility index (Phi) is 8.42. The predicted molar refractivity (Wildman–Crippen MR) is 176 cm³/mol. The Morgan fingerprint density at radius 2 is 1.84 bits per heavy atom. The zero-order valence-electron chi connectivity index (χ0n) is 26.2. The van der Waals surface area contributed by atoms with E-state index in [0.29, 0.717) is 41.1 Å². The summed E-state index contributed by atoms with van der Waals surface area (Å²) >= 11 is 0. The third kappa shape index (κ3) is 6.26. The molecule has 1 saturated carbocycles. The summed E-state index contributed by atoms with van der Waals surface area (Å²) in [6.45, 7) is 6.25. The minimum atomic E-state index is -0.271. The van der Waals surface area contributed by atoms with E-state index in [4.69, 9.17) is 4.74 Å². The number of methoxy groups -OCH3 is 1. The largest absolute Gasteiger partial charge is 0.481 e. The van der Waals surface area contributed by atoms with Gasteiger partial charge < -0.3 is 24.0 Å². The van der Waals surface area contributed by atoms with Crippen LogP contribution in [-0.4, -0.2) is 83.8 Å². The minimum Gasteiger partial charge on any atom is -0.481 e. The summed E-state index contributed by atoms with van der Waals surface area (Å²) in [5.74, 6) is 0.300. The number of likely N-dealkylation sites (N-methyl/N-ethyl adjacent to an activating group) is 1. The van der Waals surface area contributed by atoms with Crippen molar-refractivity contribution in [2.24, 2.45) is 0 Å². The Morgan fingerprint density at radius 3 is 2.60 bits per heavy atom. The third-order valence-corrected chi connectivity index (χ3v) is 9.66. The van der Waals surface area contributed by atoms with Gasteiger partial charge in [-0.3, -0.25) is 14.7 Å². The van der Waals surface area contributed by atoms with Crippen molar-refractivity contribution in [1.82, 2.24) is 24.3 Å². The summed E-state index contributed by atoms with van der Waals surface area (Å²) in [6, 6.07) is 12.2. The van der Waals surface area contributed by atoms with Crippen LogP contribution < -0.4 is 20.0 Å². The van der Waals surface area contributed by atoms with Crippen LogP contribution >= 0.6 is 0 Å². The van der Waals surface area contributed by atoms with Gasteiger partial charge in [-0.2, -0.15) is 0 Å². The summed E-state index contributed by atoms with van der Waals surface area (Å²) in [5, 5.41) is 0.473. The first-order chi connectivity index (χ1) is 22.0. The van der Waals surface area contributed by atoms with Gasteiger partial charge in [-0.05, 0) is 68.6 Å². The van der Waals surface area contributed by atoms with Crippen molar-refractivity contribution in [3.05, 3.63) is 88.4 Å². The molecule has 9 nitrogen and oxygen atoms in total. The monoisotopic (exact) mass is 611 g/mol. The maximum absolute atomic E-state index is 16.4. The Morgan fingerprint density at radius 1 is 1.00 bits per heavy atom. The van der Waals surface area contributed by atoms with E-state index in [1.54, 1.807) is 19.5 Å². The number of hydrogen-bond donors (Lipinski definition) is 0. The predicted octanol–water partition coefficient (Wildman–Crippen LogP) is 4.70. The molecule has 10 heteroatoms. The van der Waals surface area contributed by atoms with Gasteiger partial charge in [-0.1, -0.05) is 0 Å². The van der Waals surface area contributed by atoms with E-state index in [-0.39, 0.29) is 23.3 Å². The van der Waals surface area contributed by atoms with Crippen molar-refractivity contribution in [2.45, 2.75) is 50.9 Å². The lowest BCUT2D eigenvalue weighted by atomic mass is 10.0. The molecule has 1 aromatic carbocycles. The number of nitrogens with zero attached hydrogens (tertiary/aromatic N) is 7. The molecule has 7 rings (SSSR count). The molecule has 0 bridgehead atoms. The summed E-state index contributed by atoms with van der Waals surface area (Å²) in [4.78, 5) is 32.0. The highest BCUT2D eigenvalue weighted by molar-refractivity contribution is 5.84. The molecule has 1 aliphatic carbocycles. The average Bonchev–Trinajstić information content (AvgIpc) is 3.93. The lowest BCUT2D eigenvalue weighted by molar-refractivity contribution is 0.158. The maximum Gasteiger partial charge on any atom is 0.213 e. The minimum absolute atomic E-state index is 0.0806. The molecule has 0 radical (unpaired) electrons. The number of benzene rings is 1. The van der Waals surface area contributed by atoms with Crippen molar-refractivity contribution in [1.29, 1.82) is 0 Å². The summed E-state index contributed by atoms with van der Waals surface area (Å²) < 4.78 is 23.9. The first-order valence-electron chi connectivity index (χ1n) is 16.2. The molecular formula is C35H42FN7O2. The van der Waals surface area contributed by atoms with Crippen molar-refractivity contribution >= 4 is 22.3 Å². The summed E-state index contributed by atoms with van der Waals surface area (Å²) in [6.07, 6.45) is 11.5. The second-order valence-electron chi connectivity index (χ2n) is 12.8. The fourth-order valence-electron chi connectivity index (χ4n) is 6.95. The van der Waals surface area contributed by atoms with Gasteiger partial charge in [0.2, 0.25) is 5.88 Å². The van der Waals surface area contributed by atoms with E-state index in [0.717, 1.165) is 76.2 Å². The van der Waals surface area contributed by atoms with Gasteiger partial charge in [-0.25, -0.2) is 9.37 Å². The van der Waals surface area contributed by atoms with Gasteiger partial charge in [-0.15, -0.1) is 0 Å². The van der Waals surface area contributed by atoms with Crippen LogP contribution in [0.3, 0.4) is 0 Å². The van der Waals surface area contributed by atoms with Gasteiger partial charge >= 0.3 is 0 Å².